The van der Waals surface area contributed by atoms with Gasteiger partial charge in [-0.2, -0.15) is 5.26 Å². The Hall–Kier alpha value is -2.15. The molecule has 0 saturated carbocycles. The Kier molecular flexibility index (Phi) is 5.06. The lowest BCUT2D eigenvalue weighted by Crippen LogP contribution is -2.19. The second-order valence-electron chi connectivity index (χ2n) is 3.93. The topological polar surface area (TPSA) is 67.2 Å². The molecule has 18 heavy (non-hydrogen) atoms. The van der Waals surface area contributed by atoms with E-state index in [4.69, 9.17) is 10.00 Å². The molecule has 0 amide bonds. The fourth-order valence-electron chi connectivity index (χ4n) is 1.55. The van der Waals surface area contributed by atoms with Crippen molar-refractivity contribution in [1.29, 1.82) is 5.26 Å². The van der Waals surface area contributed by atoms with Crippen molar-refractivity contribution in [3.8, 4) is 6.07 Å². The first kappa shape index (κ1) is 13.9. The third kappa shape index (κ3) is 3.70. The molecule has 1 rings (SSSR count). The molecule has 4 heteroatoms. The van der Waals surface area contributed by atoms with Gasteiger partial charge in [-0.25, -0.2) is 0 Å². The normalized spacial score (nSPS) is 11.4. The summed E-state index contributed by atoms with van der Waals surface area (Å²) in [5.74, 6) is -1.89. The maximum absolute atomic E-state index is 11.9. The summed E-state index contributed by atoms with van der Waals surface area (Å²) in [6.07, 6.45) is -0.140. The van der Waals surface area contributed by atoms with E-state index >= 15 is 0 Å². The van der Waals surface area contributed by atoms with Crippen LogP contribution in [0.2, 0.25) is 0 Å². The summed E-state index contributed by atoms with van der Waals surface area (Å²) < 4.78 is 4.74. The van der Waals surface area contributed by atoms with Crippen LogP contribution in [0.5, 0.6) is 0 Å². The van der Waals surface area contributed by atoms with Gasteiger partial charge in [0.1, 0.15) is 0 Å². The van der Waals surface area contributed by atoms with Gasteiger partial charge in [-0.15, -0.1) is 0 Å². The Labute approximate surface area is 106 Å². The van der Waals surface area contributed by atoms with Gasteiger partial charge in [0.15, 0.2) is 11.7 Å². The Morgan fingerprint density at radius 1 is 1.44 bits per heavy atom. The first-order valence-electron chi connectivity index (χ1n) is 5.74. The number of aryl methyl sites for hydroxylation is 1. The van der Waals surface area contributed by atoms with Gasteiger partial charge in [0.25, 0.3) is 0 Å². The van der Waals surface area contributed by atoms with Crippen molar-refractivity contribution in [1.82, 2.24) is 0 Å². The predicted molar refractivity (Wildman–Crippen MR) is 65.9 cm³/mol. The zero-order valence-corrected chi connectivity index (χ0v) is 10.5. The van der Waals surface area contributed by atoms with Gasteiger partial charge in [-0.1, -0.05) is 23.8 Å². The smallest absolute Gasteiger partial charge is 0.323 e. The Morgan fingerprint density at radius 3 is 2.72 bits per heavy atom. The molecule has 0 unspecified atom stereocenters. The third-order valence-corrected chi connectivity index (χ3v) is 2.46. The van der Waals surface area contributed by atoms with Gasteiger partial charge in [0, 0.05) is 12.0 Å². The van der Waals surface area contributed by atoms with Gasteiger partial charge in [-0.3, -0.25) is 9.59 Å². The average molecular weight is 245 g/mol. The molecule has 4 nitrogen and oxygen atoms in total. The fourth-order valence-corrected chi connectivity index (χ4v) is 1.55. The molecule has 0 aliphatic heterocycles. The van der Waals surface area contributed by atoms with Crippen molar-refractivity contribution < 1.29 is 14.3 Å². The molecular weight excluding hydrogens is 230 g/mol. The predicted octanol–water partition coefficient (Wildman–Crippen LogP) is 2.27. The first-order chi connectivity index (χ1) is 8.58. The van der Waals surface area contributed by atoms with Crippen molar-refractivity contribution in [2.75, 3.05) is 6.61 Å². The van der Waals surface area contributed by atoms with Crippen molar-refractivity contribution >= 4 is 11.8 Å². The van der Waals surface area contributed by atoms with Gasteiger partial charge in [0.2, 0.25) is 0 Å². The van der Waals surface area contributed by atoms with Crippen molar-refractivity contribution in [3.05, 3.63) is 35.4 Å². The Balaban J connectivity index is 2.74. The molecule has 0 bridgehead atoms. The van der Waals surface area contributed by atoms with Crippen LogP contribution in [0.15, 0.2) is 24.3 Å². The lowest BCUT2D eigenvalue weighted by atomic mass is 9.98. The van der Waals surface area contributed by atoms with E-state index in [2.05, 4.69) is 0 Å². The zero-order chi connectivity index (χ0) is 13.5. The molecule has 0 spiro atoms. The van der Waals surface area contributed by atoms with Crippen molar-refractivity contribution in [2.45, 2.75) is 20.3 Å². The number of ether oxygens (including phenoxy) is 1. The summed E-state index contributed by atoms with van der Waals surface area (Å²) in [5.41, 5.74) is 1.48. The molecule has 0 aliphatic carbocycles. The van der Waals surface area contributed by atoms with Crippen LogP contribution >= 0.6 is 0 Å². The second-order valence-corrected chi connectivity index (χ2v) is 3.93. The number of esters is 1. The molecule has 0 heterocycles. The Morgan fingerprint density at radius 2 is 2.17 bits per heavy atom. The maximum Gasteiger partial charge on any atom is 0.323 e. The highest BCUT2D eigenvalue weighted by molar-refractivity contribution is 5.98. The van der Waals surface area contributed by atoms with E-state index in [0.717, 1.165) is 5.56 Å². The van der Waals surface area contributed by atoms with E-state index in [1.54, 1.807) is 31.2 Å². The minimum atomic E-state index is -1.03. The average Bonchev–Trinajstić information content (AvgIpc) is 2.35. The van der Waals surface area contributed by atoms with Crippen LogP contribution < -0.4 is 0 Å². The molecule has 0 saturated heterocycles. The quantitative estimate of drug-likeness (QED) is 0.589. The molecule has 0 aromatic heterocycles. The van der Waals surface area contributed by atoms with Crippen LogP contribution in [0, 0.1) is 24.2 Å². The van der Waals surface area contributed by atoms with Crippen LogP contribution in [0.1, 0.15) is 29.3 Å². The molecule has 0 radical (unpaired) electrons. The number of hydrogen-bond donors (Lipinski definition) is 0. The number of nitrogens with zero attached hydrogens (tertiary/aromatic N) is 1. The monoisotopic (exact) mass is 245 g/mol. The number of rotatable bonds is 5. The van der Waals surface area contributed by atoms with Gasteiger partial charge >= 0.3 is 5.97 Å². The number of hydrogen-bond acceptors (Lipinski definition) is 4. The minimum Gasteiger partial charge on any atom is -0.465 e. The van der Waals surface area contributed by atoms with E-state index in [1.165, 1.54) is 0 Å². The van der Waals surface area contributed by atoms with E-state index in [1.807, 2.05) is 13.0 Å². The standard InChI is InChI=1S/C14H15NO3/c1-3-18-14(17)12(9-15)8-13(16)11-6-4-5-10(2)7-11/h4-7,12H,3,8H2,1-2H3/t12-/m0/s1. The molecule has 0 aliphatic rings. The Bertz CT molecular complexity index is 488. The van der Waals surface area contributed by atoms with Crippen LogP contribution in [0.3, 0.4) is 0 Å². The molecule has 1 atom stereocenters. The summed E-state index contributed by atoms with van der Waals surface area (Å²) in [7, 11) is 0. The number of ketones is 1. The molecular formula is C14H15NO3. The highest BCUT2D eigenvalue weighted by Gasteiger charge is 2.23. The summed E-state index contributed by atoms with van der Waals surface area (Å²) in [6.45, 7) is 3.74. The van der Waals surface area contributed by atoms with Crippen LogP contribution in [0.25, 0.3) is 0 Å². The van der Waals surface area contributed by atoms with Gasteiger partial charge < -0.3 is 4.74 Å². The number of Topliss-reactive ketones (excluding diaryl/α,β-unsaturated/α-hetero) is 1. The summed E-state index contributed by atoms with van der Waals surface area (Å²) in [6, 6.07) is 8.87. The lowest BCUT2D eigenvalue weighted by Gasteiger charge is -2.07. The summed E-state index contributed by atoms with van der Waals surface area (Å²) in [5, 5.41) is 8.87. The van der Waals surface area contributed by atoms with E-state index in [-0.39, 0.29) is 18.8 Å². The van der Waals surface area contributed by atoms with Crippen LogP contribution in [-0.2, 0) is 9.53 Å². The summed E-state index contributed by atoms with van der Waals surface area (Å²) >= 11 is 0. The third-order valence-electron chi connectivity index (χ3n) is 2.46. The van der Waals surface area contributed by atoms with E-state index in [0.29, 0.717) is 5.56 Å². The first-order valence-corrected chi connectivity index (χ1v) is 5.74. The van der Waals surface area contributed by atoms with Crippen LogP contribution in [-0.4, -0.2) is 18.4 Å². The second kappa shape index (κ2) is 6.55. The highest BCUT2D eigenvalue weighted by Crippen LogP contribution is 2.12. The van der Waals surface area contributed by atoms with Gasteiger partial charge in [-0.05, 0) is 19.9 Å². The van der Waals surface area contributed by atoms with Crippen molar-refractivity contribution in [2.24, 2.45) is 5.92 Å². The maximum atomic E-state index is 11.9. The number of carbonyl (C=O) groups excluding carboxylic acids is 2. The minimum absolute atomic E-state index is 0.140. The van der Waals surface area contributed by atoms with Crippen molar-refractivity contribution in [3.63, 3.8) is 0 Å². The number of benzene rings is 1. The molecule has 0 N–H and O–H groups in total. The fraction of sp³-hybridized carbons (Fsp3) is 0.357. The summed E-state index contributed by atoms with van der Waals surface area (Å²) in [4.78, 5) is 23.3. The molecule has 1 aromatic rings. The molecule has 0 fully saturated rings. The van der Waals surface area contributed by atoms with Gasteiger partial charge in [0.05, 0.1) is 12.7 Å². The molecule has 1 aromatic carbocycles. The largest absolute Gasteiger partial charge is 0.465 e. The van der Waals surface area contributed by atoms with E-state index in [9.17, 15) is 9.59 Å². The highest BCUT2D eigenvalue weighted by atomic mass is 16.5. The number of carbonyl (C=O) groups is 2. The SMILES string of the molecule is CCOC(=O)[C@H](C#N)CC(=O)c1cccc(C)c1. The zero-order valence-electron chi connectivity index (χ0n) is 10.5. The number of nitriles is 1. The van der Waals surface area contributed by atoms with Crippen LogP contribution in [0.4, 0.5) is 0 Å². The molecule has 94 valence electrons. The van der Waals surface area contributed by atoms with E-state index < -0.39 is 11.9 Å². The lowest BCUT2D eigenvalue weighted by molar-refractivity contribution is -0.145.